The highest BCUT2D eigenvalue weighted by atomic mass is 31.2. The van der Waals surface area contributed by atoms with Crippen LogP contribution in [0.1, 0.15) is 168 Å². The molecule has 0 spiro atoms. The zero-order valence-corrected chi connectivity index (χ0v) is 34.7. The predicted octanol–water partition coefficient (Wildman–Crippen LogP) is 11.2. The Morgan fingerprint density at radius 2 is 1.08 bits per heavy atom. The highest BCUT2D eigenvalue weighted by molar-refractivity contribution is 7.45. The van der Waals surface area contributed by atoms with E-state index in [0.717, 1.165) is 64.2 Å². The Kier molecular flexibility index (Phi) is 34.8. The van der Waals surface area contributed by atoms with Crippen LogP contribution in [0.2, 0.25) is 0 Å². The molecule has 0 fully saturated rings. The number of ether oxygens (including phenoxy) is 2. The SMILES string of the molecule is CCCCC/C=C\C/C=C\CCCCCCCCOCC(COP(=O)([O-])OCC[N+](C)(C)C)OC(=O)CCCCCCC/C=C\CCCCCC. The molecule has 300 valence electrons. The number of phosphoric ester groups is 1. The van der Waals surface area contributed by atoms with Crippen LogP contribution in [0, 0.1) is 0 Å². The number of phosphoric acid groups is 1. The zero-order valence-electron chi connectivity index (χ0n) is 33.8. The maximum Gasteiger partial charge on any atom is 0.306 e. The number of nitrogens with zero attached hydrogens (tertiary/aromatic N) is 1. The molecule has 8 nitrogen and oxygen atoms in total. The van der Waals surface area contributed by atoms with Crippen LogP contribution in [0.25, 0.3) is 0 Å². The summed E-state index contributed by atoms with van der Waals surface area (Å²) in [6.45, 7) is 5.33. The summed E-state index contributed by atoms with van der Waals surface area (Å²) in [4.78, 5) is 25.0. The molecule has 0 N–H and O–H groups in total. The van der Waals surface area contributed by atoms with Gasteiger partial charge >= 0.3 is 5.97 Å². The number of esters is 1. The highest BCUT2D eigenvalue weighted by Gasteiger charge is 2.20. The van der Waals surface area contributed by atoms with Crippen LogP contribution in [0.3, 0.4) is 0 Å². The van der Waals surface area contributed by atoms with Crippen molar-refractivity contribution < 1.29 is 37.3 Å². The molecule has 0 amide bonds. The molecule has 0 aliphatic heterocycles. The standard InChI is InChI=1S/C42H80NO7P/c1-6-8-10-12-14-16-18-20-21-22-24-26-28-30-32-34-37-47-39-41(40-49-51(45,46)48-38-36-43(3,4)5)50-42(44)35-33-31-29-27-25-23-19-17-15-13-11-9-7-2/h14,16-17,19-21,41H,6-13,15,18,22-40H2,1-5H3/b16-14-,19-17-,21-20-. The number of quaternary nitrogens is 1. The summed E-state index contributed by atoms with van der Waals surface area (Å²) >= 11 is 0. The van der Waals surface area contributed by atoms with Gasteiger partial charge in [-0.1, -0.05) is 127 Å². The van der Waals surface area contributed by atoms with Gasteiger partial charge in [-0.2, -0.15) is 0 Å². The molecule has 2 unspecified atom stereocenters. The highest BCUT2D eigenvalue weighted by Crippen LogP contribution is 2.38. The molecule has 0 saturated heterocycles. The first kappa shape index (κ1) is 49.7. The van der Waals surface area contributed by atoms with Crippen LogP contribution in [0.15, 0.2) is 36.5 Å². The average molecular weight is 742 g/mol. The van der Waals surface area contributed by atoms with Gasteiger partial charge in [0, 0.05) is 13.0 Å². The number of hydrogen-bond donors (Lipinski definition) is 0. The monoisotopic (exact) mass is 742 g/mol. The van der Waals surface area contributed by atoms with Gasteiger partial charge in [-0.15, -0.1) is 0 Å². The molecular weight excluding hydrogens is 661 g/mol. The summed E-state index contributed by atoms with van der Waals surface area (Å²) in [5.41, 5.74) is 0. The predicted molar refractivity (Wildman–Crippen MR) is 213 cm³/mol. The molecule has 0 saturated carbocycles. The molecule has 0 aromatic heterocycles. The summed E-state index contributed by atoms with van der Waals surface area (Å²) < 4.78 is 34.5. The fraction of sp³-hybridized carbons (Fsp3) is 0.833. The van der Waals surface area contributed by atoms with Crippen molar-refractivity contribution in [1.82, 2.24) is 0 Å². The van der Waals surface area contributed by atoms with E-state index in [1.807, 2.05) is 21.1 Å². The normalized spacial score (nSPS) is 14.2. The maximum atomic E-state index is 12.6. The van der Waals surface area contributed by atoms with E-state index in [4.69, 9.17) is 18.5 Å². The number of rotatable bonds is 38. The Labute approximate surface area is 315 Å². The van der Waals surface area contributed by atoms with Crippen molar-refractivity contribution in [2.75, 3.05) is 54.1 Å². The summed E-state index contributed by atoms with van der Waals surface area (Å²) in [7, 11) is 1.34. The van der Waals surface area contributed by atoms with E-state index in [1.54, 1.807) is 0 Å². The molecule has 0 aromatic carbocycles. The van der Waals surface area contributed by atoms with Crippen LogP contribution in [0.4, 0.5) is 0 Å². The van der Waals surface area contributed by atoms with Crippen molar-refractivity contribution in [2.24, 2.45) is 0 Å². The second-order valence-electron chi connectivity index (χ2n) is 15.0. The van der Waals surface area contributed by atoms with E-state index in [-0.39, 0.29) is 25.8 Å². The lowest BCUT2D eigenvalue weighted by Gasteiger charge is -2.28. The lowest BCUT2D eigenvalue weighted by atomic mass is 10.1. The fourth-order valence-corrected chi connectivity index (χ4v) is 6.12. The second kappa shape index (κ2) is 35.7. The lowest BCUT2D eigenvalue weighted by molar-refractivity contribution is -0.870. The van der Waals surface area contributed by atoms with Gasteiger partial charge in [-0.3, -0.25) is 9.36 Å². The smallest absolute Gasteiger partial charge is 0.306 e. The van der Waals surface area contributed by atoms with Crippen LogP contribution >= 0.6 is 7.82 Å². The third-order valence-electron chi connectivity index (χ3n) is 8.66. The lowest BCUT2D eigenvalue weighted by Crippen LogP contribution is -2.37. The van der Waals surface area contributed by atoms with Crippen molar-refractivity contribution in [1.29, 1.82) is 0 Å². The Morgan fingerprint density at radius 1 is 0.608 bits per heavy atom. The van der Waals surface area contributed by atoms with Gasteiger partial charge < -0.3 is 27.9 Å². The van der Waals surface area contributed by atoms with Crippen molar-refractivity contribution in [3.63, 3.8) is 0 Å². The number of likely N-dealkylation sites (N-methyl/N-ethyl adjacent to an activating group) is 1. The number of hydrogen-bond acceptors (Lipinski definition) is 7. The van der Waals surface area contributed by atoms with Gasteiger partial charge in [0.1, 0.15) is 19.3 Å². The largest absolute Gasteiger partial charge is 0.756 e. The molecule has 2 atom stereocenters. The van der Waals surface area contributed by atoms with Gasteiger partial charge in [-0.25, -0.2) is 0 Å². The van der Waals surface area contributed by atoms with Crippen LogP contribution in [0.5, 0.6) is 0 Å². The van der Waals surface area contributed by atoms with E-state index < -0.39 is 13.9 Å². The van der Waals surface area contributed by atoms with Gasteiger partial charge in [0.2, 0.25) is 0 Å². The zero-order chi connectivity index (χ0) is 37.7. The number of carbonyl (C=O) groups excluding carboxylic acids is 1. The molecule has 0 heterocycles. The Morgan fingerprint density at radius 3 is 1.65 bits per heavy atom. The molecular formula is C42H80NO7P. The van der Waals surface area contributed by atoms with Gasteiger partial charge in [0.05, 0.1) is 34.4 Å². The van der Waals surface area contributed by atoms with Crippen molar-refractivity contribution in [2.45, 2.75) is 174 Å². The van der Waals surface area contributed by atoms with E-state index >= 15 is 0 Å². The van der Waals surface area contributed by atoms with Gasteiger partial charge in [0.25, 0.3) is 7.82 Å². The summed E-state index contributed by atoms with van der Waals surface area (Å²) in [6, 6.07) is 0. The van der Waals surface area contributed by atoms with Crippen molar-refractivity contribution in [3.05, 3.63) is 36.5 Å². The Bertz CT molecular complexity index is 915. The van der Waals surface area contributed by atoms with Crippen LogP contribution < -0.4 is 4.89 Å². The first-order valence-electron chi connectivity index (χ1n) is 20.7. The second-order valence-corrected chi connectivity index (χ2v) is 16.4. The average Bonchev–Trinajstić information content (AvgIpc) is 3.08. The minimum Gasteiger partial charge on any atom is -0.756 e. The first-order valence-corrected chi connectivity index (χ1v) is 22.2. The van der Waals surface area contributed by atoms with E-state index in [2.05, 4.69) is 50.3 Å². The van der Waals surface area contributed by atoms with E-state index in [0.29, 0.717) is 24.1 Å². The third kappa shape index (κ3) is 39.8. The molecule has 0 rings (SSSR count). The molecule has 0 bridgehead atoms. The fourth-order valence-electron chi connectivity index (χ4n) is 5.39. The van der Waals surface area contributed by atoms with Crippen LogP contribution in [-0.2, 0) is 27.9 Å². The molecule has 9 heteroatoms. The summed E-state index contributed by atoms with van der Waals surface area (Å²) in [5, 5.41) is 0. The summed E-state index contributed by atoms with van der Waals surface area (Å²) in [6.07, 6.45) is 40.0. The van der Waals surface area contributed by atoms with E-state index in [9.17, 15) is 14.3 Å². The first-order chi connectivity index (χ1) is 24.6. The van der Waals surface area contributed by atoms with Gasteiger partial charge in [0.15, 0.2) is 0 Å². The van der Waals surface area contributed by atoms with Crippen molar-refractivity contribution in [3.8, 4) is 0 Å². The minimum absolute atomic E-state index is 0.0219. The molecule has 0 aliphatic rings. The van der Waals surface area contributed by atoms with Crippen molar-refractivity contribution >= 4 is 13.8 Å². The number of carbonyl (C=O) groups is 1. The van der Waals surface area contributed by atoms with Gasteiger partial charge in [-0.05, 0) is 70.6 Å². The maximum absolute atomic E-state index is 12.6. The summed E-state index contributed by atoms with van der Waals surface area (Å²) in [5.74, 6) is -0.349. The van der Waals surface area contributed by atoms with E-state index in [1.165, 1.54) is 83.5 Å². The number of unbranched alkanes of at least 4 members (excludes halogenated alkanes) is 18. The third-order valence-corrected chi connectivity index (χ3v) is 9.63. The molecule has 0 radical (unpaired) electrons. The molecule has 0 aliphatic carbocycles. The number of allylic oxidation sites excluding steroid dienone is 6. The Hall–Kier alpha value is -1.28. The topological polar surface area (TPSA) is 94.1 Å². The molecule has 51 heavy (non-hydrogen) atoms. The minimum atomic E-state index is -4.52. The van der Waals surface area contributed by atoms with Crippen LogP contribution in [-0.4, -0.2) is 70.7 Å². The molecule has 0 aromatic rings. The quantitative estimate of drug-likeness (QED) is 0.0204. The Balaban J connectivity index is 4.30.